The summed E-state index contributed by atoms with van der Waals surface area (Å²) in [5, 5.41) is 5.89. The molecule has 0 atom stereocenters. The SMILES string of the molecule is Clc1ccc(-n2nc(C3CC3)cc2Cl)cc1. The average Bonchev–Trinajstić information content (AvgIpc) is 3.04. The van der Waals surface area contributed by atoms with E-state index in [0.29, 0.717) is 11.1 Å². The zero-order valence-electron chi connectivity index (χ0n) is 8.53. The Balaban J connectivity index is 2.01. The van der Waals surface area contributed by atoms with Gasteiger partial charge in [-0.2, -0.15) is 5.10 Å². The normalized spacial score (nSPS) is 15.4. The molecule has 0 bridgehead atoms. The zero-order valence-corrected chi connectivity index (χ0v) is 10.0. The van der Waals surface area contributed by atoms with Gasteiger partial charge < -0.3 is 0 Å². The molecule has 4 heteroatoms. The molecule has 0 N–H and O–H groups in total. The monoisotopic (exact) mass is 252 g/mol. The van der Waals surface area contributed by atoms with Crippen LogP contribution in [0.1, 0.15) is 24.5 Å². The summed E-state index contributed by atoms with van der Waals surface area (Å²) in [7, 11) is 0. The van der Waals surface area contributed by atoms with Crippen LogP contribution in [-0.2, 0) is 0 Å². The molecule has 1 saturated carbocycles. The first-order valence-electron chi connectivity index (χ1n) is 5.25. The number of benzene rings is 1. The Labute approximate surface area is 104 Å². The van der Waals surface area contributed by atoms with Gasteiger partial charge >= 0.3 is 0 Å². The predicted octanol–water partition coefficient (Wildman–Crippen LogP) is 4.06. The Bertz CT molecular complexity index is 512. The number of hydrogen-bond donors (Lipinski definition) is 0. The van der Waals surface area contributed by atoms with Crippen molar-refractivity contribution in [1.82, 2.24) is 9.78 Å². The fraction of sp³-hybridized carbons (Fsp3) is 0.250. The van der Waals surface area contributed by atoms with Gasteiger partial charge in [-0.3, -0.25) is 0 Å². The highest BCUT2D eigenvalue weighted by atomic mass is 35.5. The van der Waals surface area contributed by atoms with Gasteiger partial charge in [0.15, 0.2) is 0 Å². The summed E-state index contributed by atoms with van der Waals surface area (Å²) >= 11 is 12.0. The maximum Gasteiger partial charge on any atom is 0.133 e. The summed E-state index contributed by atoms with van der Waals surface area (Å²) < 4.78 is 1.76. The quantitative estimate of drug-likeness (QED) is 0.789. The standard InChI is InChI=1S/C12H10Cl2N2/c13-9-3-5-10(6-4-9)16-12(14)7-11(15-16)8-1-2-8/h3-8H,1-2H2. The van der Waals surface area contributed by atoms with Crippen LogP contribution in [0, 0.1) is 0 Å². The van der Waals surface area contributed by atoms with Crippen molar-refractivity contribution >= 4 is 23.2 Å². The summed E-state index contributed by atoms with van der Waals surface area (Å²) in [6.07, 6.45) is 2.46. The fourth-order valence-electron chi connectivity index (χ4n) is 1.72. The first-order chi connectivity index (χ1) is 7.74. The highest BCUT2D eigenvalue weighted by Crippen LogP contribution is 2.40. The van der Waals surface area contributed by atoms with E-state index in [4.69, 9.17) is 23.2 Å². The molecule has 0 amide bonds. The first-order valence-corrected chi connectivity index (χ1v) is 6.01. The van der Waals surface area contributed by atoms with Crippen molar-refractivity contribution in [2.24, 2.45) is 0 Å². The summed E-state index contributed by atoms with van der Waals surface area (Å²) in [5.41, 5.74) is 2.04. The number of halogens is 2. The molecule has 2 aromatic rings. The summed E-state index contributed by atoms with van der Waals surface area (Å²) in [6, 6.07) is 9.46. The van der Waals surface area contributed by atoms with E-state index in [0.717, 1.165) is 16.4 Å². The Hall–Kier alpha value is -0.990. The molecule has 0 saturated heterocycles. The van der Waals surface area contributed by atoms with E-state index < -0.39 is 0 Å². The van der Waals surface area contributed by atoms with Crippen LogP contribution in [0.3, 0.4) is 0 Å². The summed E-state index contributed by atoms with van der Waals surface area (Å²) in [4.78, 5) is 0. The third kappa shape index (κ3) is 1.83. The highest BCUT2D eigenvalue weighted by molar-refractivity contribution is 6.30. The van der Waals surface area contributed by atoms with Crippen LogP contribution in [0.25, 0.3) is 5.69 Å². The Morgan fingerprint density at radius 1 is 1.12 bits per heavy atom. The molecular formula is C12H10Cl2N2. The molecule has 2 nitrogen and oxygen atoms in total. The summed E-state index contributed by atoms with van der Waals surface area (Å²) in [6.45, 7) is 0. The Kier molecular flexibility index (Phi) is 2.41. The van der Waals surface area contributed by atoms with Crippen molar-refractivity contribution in [3.63, 3.8) is 0 Å². The summed E-state index contributed by atoms with van der Waals surface area (Å²) in [5.74, 6) is 0.617. The van der Waals surface area contributed by atoms with Crippen LogP contribution in [0.15, 0.2) is 30.3 Å². The van der Waals surface area contributed by atoms with Gasteiger partial charge in [0.2, 0.25) is 0 Å². The van der Waals surface area contributed by atoms with E-state index in [1.54, 1.807) is 4.68 Å². The smallest absolute Gasteiger partial charge is 0.133 e. The predicted molar refractivity (Wildman–Crippen MR) is 65.6 cm³/mol. The van der Waals surface area contributed by atoms with Crippen molar-refractivity contribution in [2.75, 3.05) is 0 Å². The lowest BCUT2D eigenvalue weighted by Crippen LogP contribution is -1.96. The van der Waals surface area contributed by atoms with Crippen LogP contribution in [0.2, 0.25) is 10.2 Å². The van der Waals surface area contributed by atoms with Gasteiger partial charge in [-0.15, -0.1) is 0 Å². The Morgan fingerprint density at radius 2 is 1.81 bits per heavy atom. The van der Waals surface area contributed by atoms with Gasteiger partial charge in [-0.1, -0.05) is 23.2 Å². The lowest BCUT2D eigenvalue weighted by Gasteiger charge is -2.02. The second kappa shape index (κ2) is 3.79. The third-order valence-corrected chi connectivity index (χ3v) is 3.27. The molecule has 0 spiro atoms. The number of rotatable bonds is 2. The van der Waals surface area contributed by atoms with Crippen LogP contribution in [0.4, 0.5) is 0 Å². The van der Waals surface area contributed by atoms with Crippen molar-refractivity contribution < 1.29 is 0 Å². The van der Waals surface area contributed by atoms with Gasteiger partial charge in [-0.05, 0) is 43.2 Å². The zero-order chi connectivity index (χ0) is 11.1. The van der Waals surface area contributed by atoms with Gasteiger partial charge in [-0.25, -0.2) is 4.68 Å². The van der Waals surface area contributed by atoms with Gasteiger partial charge in [0.1, 0.15) is 5.15 Å². The van der Waals surface area contributed by atoms with E-state index >= 15 is 0 Å². The van der Waals surface area contributed by atoms with Gasteiger partial charge in [0, 0.05) is 10.9 Å². The molecule has 1 aromatic heterocycles. The molecule has 1 aliphatic carbocycles. The van der Waals surface area contributed by atoms with Crippen LogP contribution in [-0.4, -0.2) is 9.78 Å². The lowest BCUT2D eigenvalue weighted by atomic mass is 10.3. The van der Waals surface area contributed by atoms with E-state index in [2.05, 4.69) is 5.10 Å². The third-order valence-electron chi connectivity index (χ3n) is 2.75. The molecule has 1 aromatic carbocycles. The second-order valence-corrected chi connectivity index (χ2v) is 4.88. The number of nitrogens with zero attached hydrogens (tertiary/aromatic N) is 2. The molecule has 82 valence electrons. The molecular weight excluding hydrogens is 243 g/mol. The molecule has 0 unspecified atom stereocenters. The number of aromatic nitrogens is 2. The number of hydrogen-bond acceptors (Lipinski definition) is 1. The van der Waals surface area contributed by atoms with Gasteiger partial charge in [0.25, 0.3) is 0 Å². The van der Waals surface area contributed by atoms with E-state index in [1.165, 1.54) is 12.8 Å². The maximum atomic E-state index is 6.16. The van der Waals surface area contributed by atoms with Crippen LogP contribution in [0.5, 0.6) is 0 Å². The van der Waals surface area contributed by atoms with Crippen molar-refractivity contribution in [2.45, 2.75) is 18.8 Å². The van der Waals surface area contributed by atoms with Gasteiger partial charge in [0.05, 0.1) is 11.4 Å². The molecule has 1 fully saturated rings. The van der Waals surface area contributed by atoms with Crippen molar-refractivity contribution in [3.05, 3.63) is 46.2 Å². The minimum atomic E-state index is 0.617. The first kappa shape index (κ1) is 10.2. The minimum Gasteiger partial charge on any atom is -0.222 e. The molecule has 1 heterocycles. The lowest BCUT2D eigenvalue weighted by molar-refractivity contribution is 0.838. The topological polar surface area (TPSA) is 17.8 Å². The minimum absolute atomic E-state index is 0.617. The maximum absolute atomic E-state index is 6.16. The van der Waals surface area contributed by atoms with Crippen LogP contribution < -0.4 is 0 Å². The fourth-order valence-corrected chi connectivity index (χ4v) is 2.09. The van der Waals surface area contributed by atoms with Crippen LogP contribution >= 0.6 is 23.2 Å². The molecule has 0 radical (unpaired) electrons. The highest BCUT2D eigenvalue weighted by Gasteiger charge is 2.27. The van der Waals surface area contributed by atoms with E-state index in [1.807, 2.05) is 30.3 Å². The van der Waals surface area contributed by atoms with E-state index in [9.17, 15) is 0 Å². The Morgan fingerprint density at radius 3 is 2.44 bits per heavy atom. The van der Waals surface area contributed by atoms with E-state index in [-0.39, 0.29) is 0 Å². The second-order valence-electron chi connectivity index (χ2n) is 4.05. The molecule has 16 heavy (non-hydrogen) atoms. The average molecular weight is 253 g/mol. The molecule has 0 aliphatic heterocycles. The van der Waals surface area contributed by atoms with Crippen molar-refractivity contribution in [3.8, 4) is 5.69 Å². The largest absolute Gasteiger partial charge is 0.222 e. The molecule has 3 rings (SSSR count). The van der Waals surface area contributed by atoms with Crippen molar-refractivity contribution in [1.29, 1.82) is 0 Å². The molecule has 1 aliphatic rings.